The summed E-state index contributed by atoms with van der Waals surface area (Å²) in [5.41, 5.74) is 0. The molecule has 0 spiro atoms. The predicted octanol–water partition coefficient (Wildman–Crippen LogP) is -1.11. The number of hydrogen-bond acceptors (Lipinski definition) is 4. The molecule has 8 heteroatoms. The van der Waals surface area contributed by atoms with Gasteiger partial charge in [0.2, 0.25) is 0 Å². The van der Waals surface area contributed by atoms with E-state index in [0.717, 1.165) is 0 Å². The first-order valence-electron chi connectivity index (χ1n) is 5.18. The minimum absolute atomic E-state index is 0.193. The van der Waals surface area contributed by atoms with Crippen molar-refractivity contribution in [1.82, 2.24) is 10.6 Å². The third-order valence-corrected chi connectivity index (χ3v) is 3.28. The summed E-state index contributed by atoms with van der Waals surface area (Å²) in [7, 11) is -0.982. The number of hydrogen-bond donors (Lipinski definition) is 4. The first-order valence-corrected chi connectivity index (χ1v) is 6.67. The highest BCUT2D eigenvalue weighted by molar-refractivity contribution is 7.84. The Morgan fingerprint density at radius 2 is 2.00 bits per heavy atom. The molecule has 0 radical (unpaired) electrons. The molecule has 0 aliphatic rings. The molecular weight excluding hydrogens is 248 g/mol. The van der Waals surface area contributed by atoms with E-state index < -0.39 is 34.9 Å². The van der Waals surface area contributed by atoms with Crippen LogP contribution in [0.5, 0.6) is 0 Å². The topological polar surface area (TPSA) is 116 Å². The fourth-order valence-electron chi connectivity index (χ4n) is 1.00. The second kappa shape index (κ2) is 8.02. The molecule has 0 rings (SSSR count). The third-order valence-electron chi connectivity index (χ3n) is 1.97. The summed E-state index contributed by atoms with van der Waals surface area (Å²) in [6, 6.07) is -2.06. The average molecular weight is 266 g/mol. The summed E-state index contributed by atoms with van der Waals surface area (Å²) in [6.45, 7) is 3.23. The SMILES string of the molecule is CCS(=O)CCNC(=O)N[C@H](C(=O)O)[C@@H](C)O. The lowest BCUT2D eigenvalue weighted by Gasteiger charge is -2.17. The van der Waals surface area contributed by atoms with E-state index in [1.807, 2.05) is 0 Å². The molecular formula is C9H18N2O5S. The molecule has 0 saturated heterocycles. The maximum absolute atomic E-state index is 11.2. The number of rotatable bonds is 7. The molecule has 1 unspecified atom stereocenters. The maximum atomic E-state index is 11.2. The van der Waals surface area contributed by atoms with Crippen LogP contribution in [0.2, 0.25) is 0 Å². The summed E-state index contributed by atoms with van der Waals surface area (Å²) in [6.07, 6.45) is -1.19. The van der Waals surface area contributed by atoms with E-state index in [1.165, 1.54) is 6.92 Å². The van der Waals surface area contributed by atoms with Gasteiger partial charge in [-0.1, -0.05) is 6.92 Å². The van der Waals surface area contributed by atoms with Crippen molar-refractivity contribution in [3.63, 3.8) is 0 Å². The normalized spacial score (nSPS) is 15.7. The quantitative estimate of drug-likeness (QED) is 0.466. The van der Waals surface area contributed by atoms with Crippen molar-refractivity contribution in [1.29, 1.82) is 0 Å². The lowest BCUT2D eigenvalue weighted by molar-refractivity contribution is -0.141. The van der Waals surface area contributed by atoms with E-state index in [1.54, 1.807) is 6.92 Å². The number of aliphatic carboxylic acids is 1. The fourth-order valence-corrected chi connectivity index (χ4v) is 1.62. The van der Waals surface area contributed by atoms with Crippen LogP contribution in [0.4, 0.5) is 4.79 Å². The van der Waals surface area contributed by atoms with Gasteiger partial charge < -0.3 is 20.8 Å². The Bertz CT molecular complexity index is 295. The van der Waals surface area contributed by atoms with Gasteiger partial charge in [0.25, 0.3) is 0 Å². The van der Waals surface area contributed by atoms with E-state index in [2.05, 4.69) is 10.6 Å². The second-order valence-corrected chi connectivity index (χ2v) is 5.25. The zero-order chi connectivity index (χ0) is 13.4. The van der Waals surface area contributed by atoms with E-state index in [0.29, 0.717) is 11.5 Å². The van der Waals surface area contributed by atoms with Crippen LogP contribution in [0, 0.1) is 0 Å². The summed E-state index contributed by atoms with van der Waals surface area (Å²) in [4.78, 5) is 21.9. The van der Waals surface area contributed by atoms with Crippen LogP contribution < -0.4 is 10.6 Å². The number of aliphatic hydroxyl groups is 1. The zero-order valence-electron chi connectivity index (χ0n) is 9.80. The highest BCUT2D eigenvalue weighted by atomic mass is 32.2. The standard InChI is InChI=1S/C9H18N2O5S/c1-3-17(16)5-4-10-9(15)11-7(6(2)12)8(13)14/h6-7,12H,3-5H2,1-2H3,(H,13,14)(H2,10,11,15)/t6-,7+,17?/m1/s1. The van der Waals surface area contributed by atoms with Gasteiger partial charge in [0, 0.05) is 28.9 Å². The molecule has 0 heterocycles. The first-order chi connectivity index (χ1) is 7.88. The van der Waals surface area contributed by atoms with Crippen molar-refractivity contribution in [3.8, 4) is 0 Å². The second-order valence-electron chi connectivity index (χ2n) is 3.39. The Balaban J connectivity index is 3.99. The molecule has 0 aromatic heterocycles. The number of urea groups is 1. The molecule has 0 aliphatic carbocycles. The van der Waals surface area contributed by atoms with Crippen LogP contribution in [0.1, 0.15) is 13.8 Å². The number of aliphatic hydroxyl groups excluding tert-OH is 1. The van der Waals surface area contributed by atoms with E-state index in [4.69, 9.17) is 10.2 Å². The van der Waals surface area contributed by atoms with Gasteiger partial charge in [0.1, 0.15) is 0 Å². The summed E-state index contributed by atoms with van der Waals surface area (Å²) < 4.78 is 11.0. The zero-order valence-corrected chi connectivity index (χ0v) is 10.6. The highest BCUT2D eigenvalue weighted by Crippen LogP contribution is 1.92. The van der Waals surface area contributed by atoms with Crippen molar-refractivity contribution in [2.45, 2.75) is 26.0 Å². The molecule has 0 bridgehead atoms. The van der Waals surface area contributed by atoms with Gasteiger partial charge in [-0.15, -0.1) is 0 Å². The first kappa shape index (κ1) is 15.9. The van der Waals surface area contributed by atoms with Crippen molar-refractivity contribution in [2.24, 2.45) is 0 Å². The van der Waals surface area contributed by atoms with Gasteiger partial charge in [-0.2, -0.15) is 0 Å². The lowest BCUT2D eigenvalue weighted by Crippen LogP contribution is -2.51. The summed E-state index contributed by atoms with van der Waals surface area (Å²) >= 11 is 0. The van der Waals surface area contributed by atoms with Gasteiger partial charge in [-0.25, -0.2) is 9.59 Å². The highest BCUT2D eigenvalue weighted by Gasteiger charge is 2.24. The number of amides is 2. The molecule has 100 valence electrons. The van der Waals surface area contributed by atoms with E-state index in [9.17, 15) is 13.8 Å². The van der Waals surface area contributed by atoms with Crippen LogP contribution in [-0.2, 0) is 15.6 Å². The van der Waals surface area contributed by atoms with Crippen molar-refractivity contribution < 1.29 is 24.0 Å². The summed E-state index contributed by atoms with van der Waals surface area (Å²) in [5.74, 6) is -0.488. The van der Waals surface area contributed by atoms with E-state index in [-0.39, 0.29) is 6.54 Å². The van der Waals surface area contributed by atoms with Crippen LogP contribution in [0.15, 0.2) is 0 Å². The van der Waals surface area contributed by atoms with Gasteiger partial charge in [-0.3, -0.25) is 4.21 Å². The molecule has 4 N–H and O–H groups in total. The van der Waals surface area contributed by atoms with Gasteiger partial charge in [0.05, 0.1) is 6.10 Å². The average Bonchev–Trinajstić information content (AvgIpc) is 2.24. The molecule has 0 aliphatic heterocycles. The summed E-state index contributed by atoms with van der Waals surface area (Å²) in [5, 5.41) is 22.3. The number of carboxylic acids is 1. The lowest BCUT2D eigenvalue weighted by atomic mass is 10.2. The third kappa shape index (κ3) is 6.90. The molecule has 0 saturated carbocycles. The number of nitrogens with one attached hydrogen (secondary N) is 2. The smallest absolute Gasteiger partial charge is 0.328 e. The van der Waals surface area contributed by atoms with Crippen LogP contribution in [0.3, 0.4) is 0 Å². The van der Waals surface area contributed by atoms with Crippen LogP contribution in [0.25, 0.3) is 0 Å². The molecule has 0 aromatic rings. The minimum atomic E-state index is -1.35. The van der Waals surface area contributed by atoms with Gasteiger partial charge in [0.15, 0.2) is 6.04 Å². The van der Waals surface area contributed by atoms with Gasteiger partial charge in [-0.05, 0) is 6.92 Å². The van der Waals surface area contributed by atoms with Crippen molar-refractivity contribution in [3.05, 3.63) is 0 Å². The minimum Gasteiger partial charge on any atom is -0.480 e. The molecule has 3 atom stereocenters. The van der Waals surface area contributed by atoms with E-state index >= 15 is 0 Å². The molecule has 7 nitrogen and oxygen atoms in total. The van der Waals surface area contributed by atoms with Crippen molar-refractivity contribution in [2.75, 3.05) is 18.1 Å². The number of carbonyl (C=O) groups excluding carboxylic acids is 1. The number of carbonyl (C=O) groups is 2. The Kier molecular flexibility index (Phi) is 7.47. The van der Waals surface area contributed by atoms with Crippen LogP contribution in [-0.4, -0.2) is 56.6 Å². The molecule has 2 amide bonds. The molecule has 0 aromatic carbocycles. The van der Waals surface area contributed by atoms with Gasteiger partial charge >= 0.3 is 12.0 Å². The Morgan fingerprint density at radius 3 is 2.41 bits per heavy atom. The maximum Gasteiger partial charge on any atom is 0.328 e. The monoisotopic (exact) mass is 266 g/mol. The van der Waals surface area contributed by atoms with Crippen LogP contribution >= 0.6 is 0 Å². The fraction of sp³-hybridized carbons (Fsp3) is 0.778. The Morgan fingerprint density at radius 1 is 1.41 bits per heavy atom. The Labute approximate surface area is 102 Å². The Hall–Kier alpha value is -1.15. The molecule has 0 fully saturated rings. The molecule has 17 heavy (non-hydrogen) atoms. The van der Waals surface area contributed by atoms with Crippen molar-refractivity contribution >= 4 is 22.8 Å². The predicted molar refractivity (Wildman–Crippen MR) is 63.2 cm³/mol. The number of carboxylic acid groups (broad SMARTS) is 1. The largest absolute Gasteiger partial charge is 0.480 e.